The van der Waals surface area contributed by atoms with E-state index in [1.165, 1.54) is 45.4 Å². The Morgan fingerprint density at radius 3 is 2.13 bits per heavy atom. The van der Waals surface area contributed by atoms with Crippen molar-refractivity contribution in [3.05, 3.63) is 54.6 Å². The molecule has 1 aromatic heterocycles. The number of sulfonamides is 1. The van der Waals surface area contributed by atoms with Gasteiger partial charge in [0.2, 0.25) is 0 Å². The van der Waals surface area contributed by atoms with Gasteiger partial charge in [0.15, 0.2) is 14.9 Å². The number of benzene rings is 2. The van der Waals surface area contributed by atoms with Crippen LogP contribution in [0.1, 0.15) is 6.92 Å². The van der Waals surface area contributed by atoms with Gasteiger partial charge < -0.3 is 9.47 Å². The van der Waals surface area contributed by atoms with Crippen molar-refractivity contribution < 1.29 is 26.3 Å². The molecule has 31 heavy (non-hydrogen) atoms. The quantitative estimate of drug-likeness (QED) is 0.541. The highest BCUT2D eigenvalue weighted by Crippen LogP contribution is 2.30. The molecule has 0 fully saturated rings. The molecular formula is C20H21N3O6S2. The molecule has 0 bridgehead atoms. The maximum Gasteiger partial charge on any atom is 0.265 e. The van der Waals surface area contributed by atoms with Gasteiger partial charge in [0.25, 0.3) is 10.0 Å². The van der Waals surface area contributed by atoms with Crippen LogP contribution >= 0.6 is 0 Å². The van der Waals surface area contributed by atoms with E-state index in [2.05, 4.69) is 14.9 Å². The second-order valence-electron chi connectivity index (χ2n) is 6.36. The van der Waals surface area contributed by atoms with Crippen LogP contribution < -0.4 is 14.2 Å². The minimum absolute atomic E-state index is 0.0292. The largest absolute Gasteiger partial charge is 0.497 e. The van der Waals surface area contributed by atoms with Gasteiger partial charge in [0, 0.05) is 17.3 Å². The summed E-state index contributed by atoms with van der Waals surface area (Å²) < 4.78 is 62.0. The lowest BCUT2D eigenvalue weighted by atomic mass is 10.1. The van der Waals surface area contributed by atoms with Gasteiger partial charge in [-0.15, -0.1) is 10.2 Å². The van der Waals surface area contributed by atoms with E-state index in [-0.39, 0.29) is 21.4 Å². The highest BCUT2D eigenvalue weighted by Gasteiger charge is 2.20. The number of rotatable bonds is 8. The number of hydrogen-bond acceptors (Lipinski definition) is 8. The lowest BCUT2D eigenvalue weighted by Crippen LogP contribution is -2.14. The Morgan fingerprint density at radius 2 is 1.58 bits per heavy atom. The highest BCUT2D eigenvalue weighted by molar-refractivity contribution is 7.92. The predicted molar refractivity (Wildman–Crippen MR) is 116 cm³/mol. The fourth-order valence-electron chi connectivity index (χ4n) is 2.70. The van der Waals surface area contributed by atoms with Crippen LogP contribution in [0.15, 0.2) is 64.5 Å². The van der Waals surface area contributed by atoms with E-state index in [4.69, 9.17) is 9.47 Å². The van der Waals surface area contributed by atoms with Crippen LogP contribution in [0, 0.1) is 0 Å². The Morgan fingerprint density at radius 1 is 0.871 bits per heavy atom. The number of sulfone groups is 1. The standard InChI is InChI=1S/C20H21N3O6S2/c1-4-30(24,25)20-12-10-17(21-22-20)14-5-7-15(8-6-14)23-31(26,27)19-11-9-16(28-2)13-18(19)29-3/h5-13,23H,4H2,1-3H3. The maximum atomic E-state index is 12.8. The molecule has 3 rings (SSSR count). The number of nitrogens with zero attached hydrogens (tertiary/aromatic N) is 2. The molecule has 3 aromatic rings. The van der Waals surface area contributed by atoms with Crippen molar-refractivity contribution in [1.82, 2.24) is 10.2 Å². The lowest BCUT2D eigenvalue weighted by molar-refractivity contribution is 0.386. The van der Waals surface area contributed by atoms with Gasteiger partial charge in [-0.05, 0) is 36.4 Å². The molecule has 11 heteroatoms. The van der Waals surface area contributed by atoms with Crippen LogP contribution in [0.3, 0.4) is 0 Å². The predicted octanol–water partition coefficient (Wildman–Crippen LogP) is 2.76. The molecule has 0 atom stereocenters. The molecule has 0 aliphatic heterocycles. The molecule has 1 N–H and O–H groups in total. The highest BCUT2D eigenvalue weighted by atomic mass is 32.2. The van der Waals surface area contributed by atoms with Crippen molar-refractivity contribution in [2.24, 2.45) is 0 Å². The van der Waals surface area contributed by atoms with Crippen LogP contribution in [0.2, 0.25) is 0 Å². The Hall–Kier alpha value is -3.18. The molecule has 2 aromatic carbocycles. The smallest absolute Gasteiger partial charge is 0.265 e. The third-order valence-corrected chi connectivity index (χ3v) is 7.47. The molecule has 1 heterocycles. The van der Waals surface area contributed by atoms with Crippen LogP contribution in [0.4, 0.5) is 5.69 Å². The van der Waals surface area contributed by atoms with Gasteiger partial charge in [-0.25, -0.2) is 16.8 Å². The molecule has 0 saturated heterocycles. The third-order valence-electron chi connectivity index (χ3n) is 4.43. The molecule has 0 unspecified atom stereocenters. The number of aromatic nitrogens is 2. The average molecular weight is 464 g/mol. The van der Waals surface area contributed by atoms with E-state index in [9.17, 15) is 16.8 Å². The first-order valence-electron chi connectivity index (χ1n) is 9.12. The molecule has 9 nitrogen and oxygen atoms in total. The Kier molecular flexibility index (Phi) is 6.46. The zero-order valence-electron chi connectivity index (χ0n) is 17.1. The van der Waals surface area contributed by atoms with Crippen molar-refractivity contribution in [2.75, 3.05) is 24.7 Å². The van der Waals surface area contributed by atoms with Crippen molar-refractivity contribution >= 4 is 25.5 Å². The summed E-state index contributed by atoms with van der Waals surface area (Å²) in [6.07, 6.45) is 0. The minimum Gasteiger partial charge on any atom is -0.497 e. The third kappa shape index (κ3) is 4.94. The summed E-state index contributed by atoms with van der Waals surface area (Å²) in [5.41, 5.74) is 1.44. The lowest BCUT2D eigenvalue weighted by Gasteiger charge is -2.13. The van der Waals surface area contributed by atoms with Gasteiger partial charge >= 0.3 is 0 Å². The monoisotopic (exact) mass is 463 g/mol. The fraction of sp³-hybridized carbons (Fsp3) is 0.200. The van der Waals surface area contributed by atoms with E-state index in [0.29, 0.717) is 22.7 Å². The van der Waals surface area contributed by atoms with Crippen LogP contribution in [-0.2, 0) is 19.9 Å². The topological polar surface area (TPSA) is 125 Å². The van der Waals surface area contributed by atoms with Gasteiger partial charge in [0.05, 0.1) is 25.7 Å². The fourth-order valence-corrected chi connectivity index (χ4v) is 4.65. The number of ether oxygens (including phenoxy) is 2. The van der Waals surface area contributed by atoms with Crippen LogP contribution in [0.25, 0.3) is 11.3 Å². The van der Waals surface area contributed by atoms with Crippen molar-refractivity contribution in [3.63, 3.8) is 0 Å². The van der Waals surface area contributed by atoms with E-state index in [0.717, 1.165) is 0 Å². The number of hydrogen-bond donors (Lipinski definition) is 1. The van der Waals surface area contributed by atoms with Crippen LogP contribution in [-0.4, -0.2) is 47.0 Å². The second kappa shape index (κ2) is 8.90. The SMILES string of the molecule is CCS(=O)(=O)c1ccc(-c2ccc(NS(=O)(=O)c3ccc(OC)cc3OC)cc2)nn1. The Balaban J connectivity index is 1.82. The van der Waals surface area contributed by atoms with Gasteiger partial charge in [-0.3, -0.25) is 4.72 Å². The zero-order valence-corrected chi connectivity index (χ0v) is 18.7. The molecule has 0 radical (unpaired) electrons. The zero-order chi connectivity index (χ0) is 22.6. The molecule has 0 aliphatic carbocycles. The maximum absolute atomic E-state index is 12.8. The summed E-state index contributed by atoms with van der Waals surface area (Å²) in [5, 5.41) is 7.65. The van der Waals surface area contributed by atoms with E-state index < -0.39 is 19.9 Å². The van der Waals surface area contributed by atoms with Crippen molar-refractivity contribution in [3.8, 4) is 22.8 Å². The normalized spacial score (nSPS) is 11.7. The van der Waals surface area contributed by atoms with E-state index in [1.54, 1.807) is 30.3 Å². The number of nitrogens with one attached hydrogen (secondary N) is 1. The van der Waals surface area contributed by atoms with Gasteiger partial charge in [-0.2, -0.15) is 0 Å². The summed E-state index contributed by atoms with van der Waals surface area (Å²) in [6.45, 7) is 1.53. The van der Waals surface area contributed by atoms with Crippen LogP contribution in [0.5, 0.6) is 11.5 Å². The summed E-state index contributed by atoms with van der Waals surface area (Å²) in [6, 6.07) is 13.8. The minimum atomic E-state index is -3.91. The van der Waals surface area contributed by atoms with Gasteiger partial charge in [-0.1, -0.05) is 19.1 Å². The van der Waals surface area contributed by atoms with E-state index in [1.807, 2.05) is 0 Å². The first-order valence-corrected chi connectivity index (χ1v) is 12.3. The van der Waals surface area contributed by atoms with Gasteiger partial charge in [0.1, 0.15) is 16.4 Å². The summed E-state index contributed by atoms with van der Waals surface area (Å²) in [4.78, 5) is -0.0292. The first kappa shape index (κ1) is 22.5. The molecule has 0 spiro atoms. The molecular weight excluding hydrogens is 442 g/mol. The Labute approximate surface area is 181 Å². The number of methoxy groups -OCH3 is 2. The van der Waals surface area contributed by atoms with Crippen molar-refractivity contribution in [2.45, 2.75) is 16.8 Å². The molecule has 0 amide bonds. The molecule has 0 saturated carbocycles. The second-order valence-corrected chi connectivity index (χ2v) is 10.2. The molecule has 164 valence electrons. The summed E-state index contributed by atoms with van der Waals surface area (Å²) in [7, 11) is -4.49. The average Bonchev–Trinajstić information content (AvgIpc) is 2.79. The first-order chi connectivity index (χ1) is 14.7. The molecule has 0 aliphatic rings. The van der Waals surface area contributed by atoms with E-state index >= 15 is 0 Å². The number of anilines is 1. The summed E-state index contributed by atoms with van der Waals surface area (Å²) in [5.74, 6) is 0.564. The van der Waals surface area contributed by atoms with Crippen molar-refractivity contribution in [1.29, 1.82) is 0 Å². The summed E-state index contributed by atoms with van der Waals surface area (Å²) >= 11 is 0. The Bertz CT molecular complexity index is 1270.